The zero-order valence-electron chi connectivity index (χ0n) is 7.17. The van der Waals surface area contributed by atoms with E-state index in [-0.39, 0.29) is 4.93 Å². The van der Waals surface area contributed by atoms with Crippen molar-refractivity contribution in [2.75, 3.05) is 12.4 Å². The first-order valence-electron chi connectivity index (χ1n) is 4.60. The Bertz CT molecular complexity index is 173. The van der Waals surface area contributed by atoms with Crippen LogP contribution in [0.1, 0.15) is 32.1 Å². The first-order valence-corrected chi connectivity index (χ1v) is 5.59. The van der Waals surface area contributed by atoms with Crippen molar-refractivity contribution >= 4 is 17.5 Å². The normalized spacial score (nSPS) is 29.2. The summed E-state index contributed by atoms with van der Waals surface area (Å²) in [5.74, 6) is 1.61. The van der Waals surface area contributed by atoms with Crippen LogP contribution in [0.4, 0.5) is 0 Å². The number of rotatable bonds is 0. The van der Waals surface area contributed by atoms with E-state index >= 15 is 0 Å². The Morgan fingerprint density at radius 2 is 2.08 bits per heavy atom. The Labute approximate surface area is 77.0 Å². The quantitative estimate of drug-likeness (QED) is 0.578. The molecule has 1 saturated carbocycles. The molecule has 2 nitrogen and oxygen atoms in total. The van der Waals surface area contributed by atoms with E-state index in [0.29, 0.717) is 5.78 Å². The van der Waals surface area contributed by atoms with Crippen LogP contribution in [0, 0.1) is 0 Å². The van der Waals surface area contributed by atoms with Gasteiger partial charge in [0.05, 0.1) is 0 Å². The average molecular weight is 186 g/mol. The van der Waals surface area contributed by atoms with Gasteiger partial charge in [-0.05, 0) is 25.0 Å². The third-order valence-electron chi connectivity index (χ3n) is 2.59. The largest absolute Gasteiger partial charge is 0.364 e. The summed E-state index contributed by atoms with van der Waals surface area (Å²) >= 11 is 1.91. The second-order valence-electron chi connectivity index (χ2n) is 3.50. The van der Waals surface area contributed by atoms with E-state index in [0.717, 1.165) is 32.3 Å². The average Bonchev–Trinajstić information content (AvgIpc) is 2.13. The van der Waals surface area contributed by atoms with Gasteiger partial charge < -0.3 is 4.74 Å². The number of ketones is 1. The molecule has 0 aromatic carbocycles. The molecule has 0 N–H and O–H groups in total. The topological polar surface area (TPSA) is 26.3 Å². The van der Waals surface area contributed by atoms with E-state index in [9.17, 15) is 4.79 Å². The van der Waals surface area contributed by atoms with Crippen LogP contribution in [0.25, 0.3) is 0 Å². The molecule has 12 heavy (non-hydrogen) atoms. The summed E-state index contributed by atoms with van der Waals surface area (Å²) in [6.45, 7) is 0.890. The first-order chi connectivity index (χ1) is 5.81. The van der Waals surface area contributed by atoms with Gasteiger partial charge in [0.15, 0.2) is 0 Å². The van der Waals surface area contributed by atoms with E-state index in [1.165, 1.54) is 12.2 Å². The Kier molecular flexibility index (Phi) is 2.42. The number of hydrogen-bond acceptors (Lipinski definition) is 3. The minimum atomic E-state index is 0.0339. The molecule has 0 bridgehead atoms. The standard InChI is InChI=1S/C9H14O2S/c10-8-2-4-9(5-3-8)11-6-1-7-12-9/h1-7H2. The molecular weight excluding hydrogens is 172 g/mol. The van der Waals surface area contributed by atoms with Gasteiger partial charge in [-0.3, -0.25) is 4.79 Å². The molecule has 2 fully saturated rings. The van der Waals surface area contributed by atoms with Gasteiger partial charge in [-0.1, -0.05) is 0 Å². The minimum absolute atomic E-state index is 0.0339. The molecular formula is C9H14O2S. The number of thioether (sulfide) groups is 1. The molecule has 3 heteroatoms. The Morgan fingerprint density at radius 3 is 2.67 bits per heavy atom. The highest BCUT2D eigenvalue weighted by Crippen LogP contribution is 2.42. The highest BCUT2D eigenvalue weighted by molar-refractivity contribution is 8.00. The zero-order valence-corrected chi connectivity index (χ0v) is 7.99. The van der Waals surface area contributed by atoms with E-state index in [4.69, 9.17) is 4.74 Å². The molecule has 2 aliphatic rings. The fourth-order valence-corrected chi connectivity index (χ4v) is 3.11. The van der Waals surface area contributed by atoms with Crippen LogP contribution in [0.5, 0.6) is 0 Å². The van der Waals surface area contributed by atoms with Crippen LogP contribution in [-0.4, -0.2) is 23.1 Å². The highest BCUT2D eigenvalue weighted by atomic mass is 32.2. The second kappa shape index (κ2) is 3.38. The van der Waals surface area contributed by atoms with E-state index in [2.05, 4.69) is 0 Å². The van der Waals surface area contributed by atoms with Crippen molar-refractivity contribution in [1.29, 1.82) is 0 Å². The Balaban J connectivity index is 1.96. The molecule has 0 aromatic rings. The van der Waals surface area contributed by atoms with Crippen molar-refractivity contribution in [2.45, 2.75) is 37.0 Å². The van der Waals surface area contributed by atoms with Crippen molar-refractivity contribution in [3.05, 3.63) is 0 Å². The lowest BCUT2D eigenvalue weighted by Crippen LogP contribution is -2.37. The Morgan fingerprint density at radius 1 is 1.33 bits per heavy atom. The summed E-state index contributed by atoms with van der Waals surface area (Å²) in [4.78, 5) is 11.1. The molecule has 1 aliphatic heterocycles. The molecule has 1 spiro atoms. The fraction of sp³-hybridized carbons (Fsp3) is 0.889. The molecule has 68 valence electrons. The number of ether oxygens (including phenoxy) is 1. The predicted molar refractivity (Wildman–Crippen MR) is 49.2 cm³/mol. The maximum absolute atomic E-state index is 11.0. The maximum Gasteiger partial charge on any atom is 0.133 e. The number of Topliss-reactive ketones (excluding diaryl/α,β-unsaturated/α-hetero) is 1. The van der Waals surface area contributed by atoms with E-state index in [1.807, 2.05) is 11.8 Å². The molecule has 0 atom stereocenters. The molecule has 1 aliphatic carbocycles. The van der Waals surface area contributed by atoms with Crippen LogP contribution in [0.3, 0.4) is 0 Å². The maximum atomic E-state index is 11.0. The summed E-state index contributed by atoms with van der Waals surface area (Å²) in [5.41, 5.74) is 0. The van der Waals surface area contributed by atoms with Crippen LogP contribution in [0.2, 0.25) is 0 Å². The van der Waals surface area contributed by atoms with Gasteiger partial charge in [0.25, 0.3) is 0 Å². The van der Waals surface area contributed by atoms with Gasteiger partial charge in [-0.15, -0.1) is 11.8 Å². The molecule has 0 amide bonds. The molecule has 0 aromatic heterocycles. The lowest BCUT2D eigenvalue weighted by atomic mass is 9.96. The SMILES string of the molecule is O=C1CCC2(CC1)OCCCS2. The Hall–Kier alpha value is -0.0200. The lowest BCUT2D eigenvalue weighted by molar-refractivity contribution is -0.124. The summed E-state index contributed by atoms with van der Waals surface area (Å²) in [5, 5.41) is 0. The minimum Gasteiger partial charge on any atom is -0.364 e. The molecule has 1 saturated heterocycles. The number of carbonyl (C=O) groups excluding carboxylic acids is 1. The molecule has 0 unspecified atom stereocenters. The zero-order chi connectivity index (χ0) is 8.44. The summed E-state index contributed by atoms with van der Waals surface area (Å²) in [6, 6.07) is 0. The van der Waals surface area contributed by atoms with Gasteiger partial charge >= 0.3 is 0 Å². The van der Waals surface area contributed by atoms with E-state index < -0.39 is 0 Å². The fourth-order valence-electron chi connectivity index (χ4n) is 1.82. The lowest BCUT2D eigenvalue weighted by Gasteiger charge is -2.39. The van der Waals surface area contributed by atoms with Gasteiger partial charge in [0.1, 0.15) is 10.7 Å². The molecule has 2 rings (SSSR count). The van der Waals surface area contributed by atoms with Crippen LogP contribution in [0.15, 0.2) is 0 Å². The van der Waals surface area contributed by atoms with Gasteiger partial charge in [0.2, 0.25) is 0 Å². The summed E-state index contributed by atoms with van der Waals surface area (Å²) < 4.78 is 5.77. The third-order valence-corrected chi connectivity index (χ3v) is 4.13. The van der Waals surface area contributed by atoms with Gasteiger partial charge in [0, 0.05) is 19.4 Å². The predicted octanol–water partition coefficient (Wildman–Crippen LogP) is 1.98. The first kappa shape index (κ1) is 8.57. The van der Waals surface area contributed by atoms with Crippen LogP contribution < -0.4 is 0 Å². The van der Waals surface area contributed by atoms with Crippen LogP contribution >= 0.6 is 11.8 Å². The number of hydrogen-bond donors (Lipinski definition) is 0. The third kappa shape index (κ3) is 1.67. The van der Waals surface area contributed by atoms with Crippen molar-refractivity contribution in [3.8, 4) is 0 Å². The molecule has 0 radical (unpaired) electrons. The monoisotopic (exact) mass is 186 g/mol. The van der Waals surface area contributed by atoms with E-state index in [1.54, 1.807) is 0 Å². The second-order valence-corrected chi connectivity index (χ2v) is 4.94. The van der Waals surface area contributed by atoms with Gasteiger partial charge in [-0.2, -0.15) is 0 Å². The van der Waals surface area contributed by atoms with Crippen LogP contribution in [-0.2, 0) is 9.53 Å². The summed E-state index contributed by atoms with van der Waals surface area (Å²) in [7, 11) is 0. The van der Waals surface area contributed by atoms with Gasteiger partial charge in [-0.25, -0.2) is 0 Å². The van der Waals surface area contributed by atoms with Crippen molar-refractivity contribution in [3.63, 3.8) is 0 Å². The van der Waals surface area contributed by atoms with Crippen molar-refractivity contribution < 1.29 is 9.53 Å². The smallest absolute Gasteiger partial charge is 0.133 e. The molecule has 1 heterocycles. The van der Waals surface area contributed by atoms with Crippen molar-refractivity contribution in [1.82, 2.24) is 0 Å². The van der Waals surface area contributed by atoms with Crippen molar-refractivity contribution in [2.24, 2.45) is 0 Å². The number of carbonyl (C=O) groups is 1. The highest BCUT2D eigenvalue weighted by Gasteiger charge is 2.37. The summed E-state index contributed by atoms with van der Waals surface area (Å²) in [6.07, 6.45) is 4.51.